The van der Waals surface area contributed by atoms with E-state index in [0.717, 1.165) is 5.56 Å². The summed E-state index contributed by atoms with van der Waals surface area (Å²) in [5.74, 6) is 1.85. The molecule has 0 saturated carbocycles. The molecule has 0 aliphatic carbocycles. The Labute approximate surface area is 207 Å². The lowest BCUT2D eigenvalue weighted by Crippen LogP contribution is -2.53. The molecule has 2 aromatic carbocycles. The van der Waals surface area contributed by atoms with Crippen LogP contribution < -0.4 is 19.6 Å². The first-order chi connectivity index (χ1) is 17.1. The number of fused-ring (bicyclic) bond motifs is 1. The normalized spacial score (nSPS) is 17.7. The van der Waals surface area contributed by atoms with Gasteiger partial charge in [0, 0.05) is 42.8 Å². The second-order valence-corrected chi connectivity index (χ2v) is 8.83. The van der Waals surface area contributed by atoms with Crippen molar-refractivity contribution in [2.45, 2.75) is 19.3 Å². The van der Waals surface area contributed by atoms with Gasteiger partial charge in [-0.15, -0.1) is 0 Å². The number of hydrogen-bond acceptors (Lipinski definition) is 7. The molecule has 3 heterocycles. The first kappa shape index (κ1) is 23.3. The molecule has 1 aromatic heterocycles. The van der Waals surface area contributed by atoms with Crippen molar-refractivity contribution in [3.63, 3.8) is 0 Å². The molecule has 0 N–H and O–H groups in total. The van der Waals surface area contributed by atoms with Gasteiger partial charge >= 0.3 is 0 Å². The quantitative estimate of drug-likeness (QED) is 0.517. The van der Waals surface area contributed by atoms with Crippen LogP contribution >= 0.6 is 11.6 Å². The van der Waals surface area contributed by atoms with Gasteiger partial charge in [0.05, 0.1) is 6.54 Å². The molecule has 1 amide bonds. The fraction of sp³-hybridized carbons (Fsp3) is 0.308. The van der Waals surface area contributed by atoms with Crippen LogP contribution in [0, 0.1) is 0 Å². The highest BCUT2D eigenvalue weighted by molar-refractivity contribution is 6.31. The van der Waals surface area contributed by atoms with Gasteiger partial charge in [-0.05, 0) is 18.2 Å². The van der Waals surface area contributed by atoms with E-state index in [9.17, 15) is 9.59 Å². The Kier molecular flexibility index (Phi) is 6.92. The minimum absolute atomic E-state index is 0.0780. The maximum Gasteiger partial charge on any atom is 0.267 e. The van der Waals surface area contributed by atoms with Crippen LogP contribution in [-0.4, -0.2) is 54.6 Å². The van der Waals surface area contributed by atoms with E-state index in [1.165, 1.54) is 12.3 Å². The van der Waals surface area contributed by atoms with Crippen LogP contribution in [-0.2, 0) is 17.9 Å². The molecule has 3 aromatic rings. The van der Waals surface area contributed by atoms with Gasteiger partial charge < -0.3 is 23.5 Å². The van der Waals surface area contributed by atoms with E-state index >= 15 is 0 Å². The largest absolute Gasteiger partial charge is 0.485 e. The van der Waals surface area contributed by atoms with Crippen molar-refractivity contribution < 1.29 is 23.4 Å². The molecule has 9 heteroatoms. The molecule has 2 aliphatic heterocycles. The molecule has 0 radical (unpaired) electrons. The molecule has 2 aliphatic rings. The average Bonchev–Trinajstić information content (AvgIpc) is 2.89. The third-order valence-corrected chi connectivity index (χ3v) is 6.41. The highest BCUT2D eigenvalue weighted by Gasteiger charge is 2.32. The number of para-hydroxylation sites is 2. The number of piperazine rings is 1. The van der Waals surface area contributed by atoms with Crippen LogP contribution in [0.25, 0.3) is 0 Å². The summed E-state index contributed by atoms with van der Waals surface area (Å²) in [6.07, 6.45) is 0.694. The molecule has 1 saturated heterocycles. The summed E-state index contributed by atoms with van der Waals surface area (Å²) >= 11 is 6.13. The van der Waals surface area contributed by atoms with E-state index in [1.807, 2.05) is 36.4 Å². The number of halogens is 1. The molecule has 5 rings (SSSR count). The summed E-state index contributed by atoms with van der Waals surface area (Å²) in [5, 5.41) is 0.582. The molecule has 0 bridgehead atoms. The zero-order valence-electron chi connectivity index (χ0n) is 19.0. The van der Waals surface area contributed by atoms with Crippen LogP contribution in [0.1, 0.15) is 11.3 Å². The Morgan fingerprint density at radius 3 is 2.54 bits per heavy atom. The van der Waals surface area contributed by atoms with E-state index in [4.69, 9.17) is 30.2 Å². The lowest BCUT2D eigenvalue weighted by Gasteiger charge is -2.36. The van der Waals surface area contributed by atoms with E-state index < -0.39 is 6.10 Å². The third-order valence-electron chi connectivity index (χ3n) is 6.04. The Bertz CT molecular complexity index is 1250. The van der Waals surface area contributed by atoms with Crippen molar-refractivity contribution in [2.75, 3.05) is 32.8 Å². The van der Waals surface area contributed by atoms with E-state index in [-0.39, 0.29) is 30.3 Å². The molecule has 0 unspecified atom stereocenters. The molecule has 182 valence electrons. The Hall–Kier alpha value is -3.49. The van der Waals surface area contributed by atoms with Crippen LogP contribution in [0.3, 0.4) is 0 Å². The SMILES string of the molecule is O=C([C@@H]1COc2ccccc2O1)N1CCN(Cc2cc(=O)c(OCc3ccccc3Cl)co2)CC1. The number of rotatable bonds is 6. The predicted octanol–water partition coefficient (Wildman–Crippen LogP) is 3.36. The number of carbonyl (C=O) groups is 1. The van der Waals surface area contributed by atoms with Crippen molar-refractivity contribution >= 4 is 17.5 Å². The second-order valence-electron chi connectivity index (χ2n) is 8.42. The van der Waals surface area contributed by atoms with Gasteiger partial charge in [-0.1, -0.05) is 41.9 Å². The lowest BCUT2D eigenvalue weighted by molar-refractivity contribution is -0.143. The molecule has 1 fully saturated rings. The van der Waals surface area contributed by atoms with Crippen LogP contribution in [0.5, 0.6) is 17.2 Å². The number of hydrogen-bond donors (Lipinski definition) is 0. The smallest absolute Gasteiger partial charge is 0.267 e. The summed E-state index contributed by atoms with van der Waals surface area (Å²) in [7, 11) is 0. The maximum absolute atomic E-state index is 12.9. The maximum atomic E-state index is 12.9. The molecular formula is C26H25ClN2O6. The number of carbonyl (C=O) groups excluding carboxylic acids is 1. The van der Waals surface area contributed by atoms with Crippen molar-refractivity contribution in [2.24, 2.45) is 0 Å². The van der Waals surface area contributed by atoms with Crippen LogP contribution in [0.15, 0.2) is 70.1 Å². The molecule has 1 atom stereocenters. The van der Waals surface area contributed by atoms with Gasteiger partial charge in [-0.25, -0.2) is 0 Å². The summed E-state index contributed by atoms with van der Waals surface area (Å²) in [6, 6.07) is 16.1. The standard InChI is InChI=1S/C26H25ClN2O6/c27-20-6-2-1-5-18(20)15-33-24-16-32-19(13-21(24)30)14-28-9-11-29(12-10-28)26(31)25-17-34-22-7-3-4-8-23(22)35-25/h1-8,13,16,25H,9-12,14-15,17H2/t25-/m0/s1. The Balaban J connectivity index is 1.12. The highest BCUT2D eigenvalue weighted by atomic mass is 35.5. The first-order valence-electron chi connectivity index (χ1n) is 11.4. The van der Waals surface area contributed by atoms with E-state index in [0.29, 0.717) is 55.0 Å². The summed E-state index contributed by atoms with van der Waals surface area (Å²) in [5.41, 5.74) is 0.543. The topological polar surface area (TPSA) is 81.5 Å². The molecular weight excluding hydrogens is 472 g/mol. The van der Waals surface area contributed by atoms with Gasteiger partial charge in [0.15, 0.2) is 11.5 Å². The number of nitrogens with zero attached hydrogens (tertiary/aromatic N) is 2. The fourth-order valence-electron chi connectivity index (χ4n) is 4.09. The van der Waals surface area contributed by atoms with Crippen molar-refractivity contribution in [1.29, 1.82) is 0 Å². The zero-order chi connectivity index (χ0) is 24.2. The summed E-state index contributed by atoms with van der Waals surface area (Å²) in [6.45, 7) is 3.29. The first-order valence-corrected chi connectivity index (χ1v) is 11.8. The van der Waals surface area contributed by atoms with Gasteiger partial charge in [0.2, 0.25) is 17.3 Å². The number of amides is 1. The van der Waals surface area contributed by atoms with Gasteiger partial charge in [0.1, 0.15) is 25.2 Å². The van der Waals surface area contributed by atoms with Gasteiger partial charge in [-0.2, -0.15) is 0 Å². The molecule has 35 heavy (non-hydrogen) atoms. The lowest BCUT2D eigenvalue weighted by atomic mass is 10.2. The van der Waals surface area contributed by atoms with E-state index in [2.05, 4.69) is 4.90 Å². The van der Waals surface area contributed by atoms with Gasteiger partial charge in [-0.3, -0.25) is 14.5 Å². The monoisotopic (exact) mass is 496 g/mol. The predicted molar refractivity (Wildman–Crippen MR) is 129 cm³/mol. The summed E-state index contributed by atoms with van der Waals surface area (Å²) < 4.78 is 22.8. The van der Waals surface area contributed by atoms with Crippen LogP contribution in [0.4, 0.5) is 0 Å². The fourth-order valence-corrected chi connectivity index (χ4v) is 4.28. The molecule has 0 spiro atoms. The Morgan fingerprint density at radius 1 is 1.03 bits per heavy atom. The third kappa shape index (κ3) is 5.44. The van der Waals surface area contributed by atoms with Crippen molar-refractivity contribution in [3.8, 4) is 17.2 Å². The highest BCUT2D eigenvalue weighted by Crippen LogP contribution is 2.31. The summed E-state index contributed by atoms with van der Waals surface area (Å²) in [4.78, 5) is 29.3. The van der Waals surface area contributed by atoms with Crippen molar-refractivity contribution in [1.82, 2.24) is 9.80 Å². The zero-order valence-corrected chi connectivity index (χ0v) is 19.8. The van der Waals surface area contributed by atoms with Crippen molar-refractivity contribution in [3.05, 3.63) is 87.4 Å². The molecule has 8 nitrogen and oxygen atoms in total. The minimum atomic E-state index is -0.646. The number of benzene rings is 2. The van der Waals surface area contributed by atoms with E-state index in [1.54, 1.807) is 17.0 Å². The number of ether oxygens (including phenoxy) is 3. The Morgan fingerprint density at radius 2 is 1.77 bits per heavy atom. The van der Waals surface area contributed by atoms with Crippen LogP contribution in [0.2, 0.25) is 5.02 Å². The van der Waals surface area contributed by atoms with Gasteiger partial charge in [0.25, 0.3) is 5.91 Å². The second kappa shape index (κ2) is 10.4. The minimum Gasteiger partial charge on any atom is -0.485 e. The average molecular weight is 497 g/mol.